The molecule has 1 heteroatoms. The quantitative estimate of drug-likeness (QED) is 0.621. The van der Waals surface area contributed by atoms with Crippen LogP contribution in [0.15, 0.2) is 0 Å². The van der Waals surface area contributed by atoms with Crippen LogP contribution in [0.5, 0.6) is 0 Å². The van der Waals surface area contributed by atoms with Gasteiger partial charge < -0.3 is 5.32 Å². The summed E-state index contributed by atoms with van der Waals surface area (Å²) in [6.45, 7) is 5.82. The Bertz CT molecular complexity index is 70.7. The summed E-state index contributed by atoms with van der Waals surface area (Å²) >= 11 is 0. The first kappa shape index (κ1) is 8.06. The van der Waals surface area contributed by atoms with E-state index in [0.29, 0.717) is 0 Å². The molecular weight excluding hydrogens is 122 g/mol. The number of piperidine rings is 1. The lowest BCUT2D eigenvalue weighted by molar-refractivity contribution is 0.299. The normalized spacial score (nSPS) is 34.2. The Morgan fingerprint density at radius 1 is 1.20 bits per heavy atom. The highest BCUT2D eigenvalue weighted by molar-refractivity contribution is 4.75. The molecule has 0 aliphatic carbocycles. The fourth-order valence-electron chi connectivity index (χ4n) is 1.67. The first-order valence-electron chi connectivity index (χ1n) is 4.60. The average molecular weight is 141 g/mol. The van der Waals surface area contributed by atoms with Crippen LogP contribution in [0, 0.1) is 5.92 Å². The minimum absolute atomic E-state index is 0.822. The molecule has 0 spiro atoms. The van der Waals surface area contributed by atoms with Gasteiger partial charge in [-0.05, 0) is 31.7 Å². The fourth-order valence-corrected chi connectivity index (χ4v) is 1.67. The zero-order valence-corrected chi connectivity index (χ0v) is 7.19. The van der Waals surface area contributed by atoms with Gasteiger partial charge in [-0.2, -0.15) is 0 Å². The Hall–Kier alpha value is -0.0400. The van der Waals surface area contributed by atoms with Gasteiger partial charge in [-0.25, -0.2) is 0 Å². The number of hydrogen-bond acceptors (Lipinski definition) is 1. The highest BCUT2D eigenvalue weighted by Gasteiger charge is 2.16. The Morgan fingerprint density at radius 3 is 2.40 bits per heavy atom. The van der Waals surface area contributed by atoms with Crippen molar-refractivity contribution in [2.75, 3.05) is 6.54 Å². The summed E-state index contributed by atoms with van der Waals surface area (Å²) in [7, 11) is 0. The van der Waals surface area contributed by atoms with Gasteiger partial charge in [-0.3, -0.25) is 0 Å². The minimum atomic E-state index is 0.822. The average Bonchev–Trinajstić information content (AvgIpc) is 2.05. The first-order valence-corrected chi connectivity index (χ1v) is 4.60. The number of rotatable bonds is 2. The molecule has 1 unspecified atom stereocenters. The summed E-state index contributed by atoms with van der Waals surface area (Å²) in [6.07, 6.45) is 5.50. The highest BCUT2D eigenvalue weighted by atomic mass is 14.9. The summed E-state index contributed by atoms with van der Waals surface area (Å²) < 4.78 is 0. The van der Waals surface area contributed by atoms with Crippen LogP contribution in [-0.4, -0.2) is 12.6 Å². The van der Waals surface area contributed by atoms with Gasteiger partial charge in [-0.15, -0.1) is 0 Å². The van der Waals surface area contributed by atoms with Crippen LogP contribution in [0.4, 0.5) is 0 Å². The summed E-state index contributed by atoms with van der Waals surface area (Å²) in [6, 6.07) is 0.822. The van der Waals surface area contributed by atoms with E-state index in [0.717, 1.165) is 12.0 Å². The van der Waals surface area contributed by atoms with Gasteiger partial charge in [0.25, 0.3) is 0 Å². The maximum absolute atomic E-state index is 3.57. The van der Waals surface area contributed by atoms with Crippen molar-refractivity contribution in [3.63, 3.8) is 0 Å². The summed E-state index contributed by atoms with van der Waals surface area (Å²) in [5.41, 5.74) is 0. The molecule has 1 rings (SSSR count). The fraction of sp³-hybridized carbons (Fsp3) is 1.00. The molecule has 1 aliphatic heterocycles. The van der Waals surface area contributed by atoms with Crippen molar-refractivity contribution in [1.82, 2.24) is 5.32 Å². The molecule has 10 heavy (non-hydrogen) atoms. The van der Waals surface area contributed by atoms with Crippen molar-refractivity contribution in [3.05, 3.63) is 0 Å². The minimum Gasteiger partial charge on any atom is -0.314 e. The zero-order valence-electron chi connectivity index (χ0n) is 7.19. The van der Waals surface area contributed by atoms with Crippen LogP contribution in [0.1, 0.15) is 39.5 Å². The number of hydrogen-bond donors (Lipinski definition) is 1. The highest BCUT2D eigenvalue weighted by Crippen LogP contribution is 2.17. The monoisotopic (exact) mass is 141 g/mol. The van der Waals surface area contributed by atoms with Gasteiger partial charge in [0.2, 0.25) is 0 Å². The molecule has 1 nitrogen and oxygen atoms in total. The van der Waals surface area contributed by atoms with Crippen LogP contribution in [0.3, 0.4) is 0 Å². The lowest BCUT2D eigenvalue weighted by Crippen LogP contribution is -2.38. The molecule has 0 bridgehead atoms. The van der Waals surface area contributed by atoms with Crippen molar-refractivity contribution in [2.24, 2.45) is 5.92 Å². The van der Waals surface area contributed by atoms with E-state index < -0.39 is 0 Å². The van der Waals surface area contributed by atoms with Crippen molar-refractivity contribution < 1.29 is 0 Å². The van der Waals surface area contributed by atoms with E-state index in [1.54, 1.807) is 0 Å². The topological polar surface area (TPSA) is 12.0 Å². The maximum Gasteiger partial charge on any atom is 0.00646 e. The van der Waals surface area contributed by atoms with Gasteiger partial charge in [0.15, 0.2) is 0 Å². The van der Waals surface area contributed by atoms with Crippen LogP contribution < -0.4 is 5.32 Å². The first-order chi connectivity index (χ1) is 4.86. The van der Waals surface area contributed by atoms with E-state index in [2.05, 4.69) is 19.2 Å². The molecule has 0 radical (unpaired) electrons. The van der Waals surface area contributed by atoms with E-state index in [-0.39, 0.29) is 0 Å². The lowest BCUT2D eigenvalue weighted by atomic mass is 9.92. The molecule has 60 valence electrons. The second-order valence-corrected chi connectivity index (χ2v) is 3.37. The van der Waals surface area contributed by atoms with Crippen LogP contribution in [-0.2, 0) is 0 Å². The van der Waals surface area contributed by atoms with Crippen molar-refractivity contribution in [3.8, 4) is 0 Å². The molecule has 1 saturated heterocycles. The molecule has 0 saturated carbocycles. The third-order valence-electron chi connectivity index (χ3n) is 2.69. The predicted octanol–water partition coefficient (Wildman–Crippen LogP) is 2.17. The van der Waals surface area contributed by atoms with E-state index in [9.17, 15) is 0 Å². The molecule has 1 aliphatic rings. The SMILES string of the molecule is CCC1CC[C@H](CC)NC1. The summed E-state index contributed by atoms with van der Waals surface area (Å²) in [5.74, 6) is 0.961. The Balaban J connectivity index is 2.17. The maximum atomic E-state index is 3.57. The standard InChI is InChI=1S/C9H19N/c1-3-8-5-6-9(4-2)10-7-8/h8-10H,3-7H2,1-2H3/t8?,9-/m0/s1. The van der Waals surface area contributed by atoms with Crippen molar-refractivity contribution >= 4 is 0 Å². The third kappa shape index (κ3) is 1.98. The lowest BCUT2D eigenvalue weighted by Gasteiger charge is -2.28. The van der Waals surface area contributed by atoms with Gasteiger partial charge in [-0.1, -0.05) is 20.3 Å². The van der Waals surface area contributed by atoms with Crippen molar-refractivity contribution in [1.29, 1.82) is 0 Å². The molecule has 1 fully saturated rings. The van der Waals surface area contributed by atoms with Gasteiger partial charge in [0, 0.05) is 6.04 Å². The molecule has 0 aromatic heterocycles. The van der Waals surface area contributed by atoms with Crippen LogP contribution in [0.25, 0.3) is 0 Å². The second-order valence-electron chi connectivity index (χ2n) is 3.37. The van der Waals surface area contributed by atoms with E-state index in [1.165, 1.54) is 32.2 Å². The number of nitrogens with one attached hydrogen (secondary N) is 1. The molecular formula is C9H19N. The molecule has 1 N–H and O–H groups in total. The molecule has 0 aromatic rings. The summed E-state index contributed by atoms with van der Waals surface area (Å²) in [4.78, 5) is 0. The Morgan fingerprint density at radius 2 is 2.00 bits per heavy atom. The third-order valence-corrected chi connectivity index (χ3v) is 2.69. The Kier molecular flexibility index (Phi) is 3.20. The van der Waals surface area contributed by atoms with Crippen LogP contribution in [0.2, 0.25) is 0 Å². The molecule has 0 aromatic carbocycles. The largest absolute Gasteiger partial charge is 0.314 e. The van der Waals surface area contributed by atoms with Crippen LogP contribution >= 0.6 is 0 Å². The van der Waals surface area contributed by atoms with Crippen molar-refractivity contribution in [2.45, 2.75) is 45.6 Å². The second kappa shape index (κ2) is 3.97. The van der Waals surface area contributed by atoms with Gasteiger partial charge in [0.05, 0.1) is 0 Å². The molecule has 0 amide bonds. The zero-order chi connectivity index (χ0) is 7.40. The summed E-state index contributed by atoms with van der Waals surface area (Å²) in [5, 5.41) is 3.57. The van der Waals surface area contributed by atoms with E-state index in [1.807, 2.05) is 0 Å². The van der Waals surface area contributed by atoms with E-state index in [4.69, 9.17) is 0 Å². The Labute approximate surface area is 64.2 Å². The van der Waals surface area contributed by atoms with E-state index >= 15 is 0 Å². The van der Waals surface area contributed by atoms with Gasteiger partial charge in [0.1, 0.15) is 0 Å². The predicted molar refractivity (Wildman–Crippen MR) is 45.1 cm³/mol. The smallest absolute Gasteiger partial charge is 0.00646 e. The molecule has 1 heterocycles. The molecule has 2 atom stereocenters. The van der Waals surface area contributed by atoms with Gasteiger partial charge >= 0.3 is 0 Å².